The number of hydrogen-bond acceptors (Lipinski definition) is 5. The lowest BCUT2D eigenvalue weighted by Crippen LogP contribution is -2.21. The summed E-state index contributed by atoms with van der Waals surface area (Å²) in [6, 6.07) is 3.63. The van der Waals surface area contributed by atoms with Gasteiger partial charge in [-0.2, -0.15) is 0 Å². The molecule has 0 amide bonds. The van der Waals surface area contributed by atoms with Gasteiger partial charge in [-0.1, -0.05) is 12.1 Å². The van der Waals surface area contributed by atoms with Crippen molar-refractivity contribution >= 4 is 16.6 Å². The molecule has 1 rings (SSSR count). The zero-order valence-corrected chi connectivity index (χ0v) is 12.0. The first kappa shape index (κ1) is 15.6. The van der Waals surface area contributed by atoms with E-state index in [2.05, 4.69) is 15.5 Å². The van der Waals surface area contributed by atoms with Gasteiger partial charge < -0.3 is 16.3 Å². The van der Waals surface area contributed by atoms with Crippen LogP contribution in [0.4, 0.5) is 0 Å². The molecule has 19 heavy (non-hydrogen) atoms. The maximum Gasteiger partial charge on any atom is 0.188 e. The Morgan fingerprint density at radius 2 is 2.42 bits per heavy atom. The molecule has 106 valence electrons. The van der Waals surface area contributed by atoms with Gasteiger partial charge in [-0.15, -0.1) is 0 Å². The van der Waals surface area contributed by atoms with Crippen LogP contribution in [0.2, 0.25) is 0 Å². The van der Waals surface area contributed by atoms with Crippen molar-refractivity contribution in [3.8, 4) is 0 Å². The molecule has 0 aliphatic rings. The van der Waals surface area contributed by atoms with Crippen LogP contribution in [0.1, 0.15) is 24.6 Å². The minimum atomic E-state index is -0.779. The minimum Gasteiger partial charge on any atom is -0.409 e. The Bertz CT molecular complexity index is 465. The molecule has 1 heterocycles. The number of aromatic nitrogens is 1. The van der Waals surface area contributed by atoms with Gasteiger partial charge in [0.15, 0.2) is 5.84 Å². The molecule has 0 bridgehead atoms. The van der Waals surface area contributed by atoms with Gasteiger partial charge >= 0.3 is 0 Å². The highest BCUT2D eigenvalue weighted by molar-refractivity contribution is 7.84. The first-order valence-electron chi connectivity index (χ1n) is 6.00. The van der Waals surface area contributed by atoms with Gasteiger partial charge in [0.1, 0.15) is 5.69 Å². The van der Waals surface area contributed by atoms with Crippen LogP contribution in [0, 0.1) is 0 Å². The second-order valence-corrected chi connectivity index (χ2v) is 6.11. The molecule has 2 unspecified atom stereocenters. The summed E-state index contributed by atoms with van der Waals surface area (Å²) >= 11 is 0. The van der Waals surface area contributed by atoms with Gasteiger partial charge in [-0.25, -0.2) is 0 Å². The largest absolute Gasteiger partial charge is 0.409 e. The summed E-state index contributed by atoms with van der Waals surface area (Å²) in [6.07, 6.45) is 4.20. The van der Waals surface area contributed by atoms with Crippen LogP contribution in [0.3, 0.4) is 0 Å². The highest BCUT2D eigenvalue weighted by Crippen LogP contribution is 2.02. The molecule has 1 aromatic rings. The van der Waals surface area contributed by atoms with E-state index in [9.17, 15) is 4.21 Å². The Balaban J connectivity index is 2.44. The van der Waals surface area contributed by atoms with Gasteiger partial charge in [-0.05, 0) is 30.7 Å². The van der Waals surface area contributed by atoms with Gasteiger partial charge in [0.05, 0.1) is 0 Å². The number of nitrogens with two attached hydrogens (primary N) is 1. The SMILES string of the molecule is CC(CCNCc1ccnc(/C(N)=N/O)c1)S(C)=O. The number of amidine groups is 1. The molecule has 4 N–H and O–H groups in total. The number of pyridine rings is 1. The fourth-order valence-corrected chi connectivity index (χ4v) is 1.93. The second-order valence-electron chi connectivity index (χ2n) is 4.31. The third kappa shape index (κ3) is 5.35. The van der Waals surface area contributed by atoms with Crippen LogP contribution in [0.15, 0.2) is 23.5 Å². The highest BCUT2D eigenvalue weighted by atomic mass is 32.2. The van der Waals surface area contributed by atoms with Crippen LogP contribution in [-0.4, -0.2) is 38.3 Å². The van der Waals surface area contributed by atoms with Crippen LogP contribution in [-0.2, 0) is 17.3 Å². The molecule has 0 aliphatic heterocycles. The second kappa shape index (κ2) is 7.85. The van der Waals surface area contributed by atoms with E-state index < -0.39 is 10.8 Å². The fourth-order valence-electron chi connectivity index (χ4n) is 1.48. The summed E-state index contributed by atoms with van der Waals surface area (Å²) < 4.78 is 11.2. The van der Waals surface area contributed by atoms with Gasteiger partial charge in [-0.3, -0.25) is 9.19 Å². The van der Waals surface area contributed by atoms with Gasteiger partial charge in [0.2, 0.25) is 0 Å². The molecule has 0 saturated carbocycles. The van der Waals surface area contributed by atoms with Crippen molar-refractivity contribution in [2.75, 3.05) is 12.8 Å². The molecule has 0 fully saturated rings. The lowest BCUT2D eigenvalue weighted by Gasteiger charge is -2.09. The molecule has 7 heteroatoms. The van der Waals surface area contributed by atoms with Gasteiger partial charge in [0.25, 0.3) is 0 Å². The van der Waals surface area contributed by atoms with E-state index in [-0.39, 0.29) is 11.1 Å². The van der Waals surface area contributed by atoms with E-state index in [1.54, 1.807) is 18.5 Å². The predicted molar refractivity (Wildman–Crippen MR) is 76.6 cm³/mol. The van der Waals surface area contributed by atoms with E-state index in [0.717, 1.165) is 18.5 Å². The van der Waals surface area contributed by atoms with E-state index in [0.29, 0.717) is 12.2 Å². The van der Waals surface area contributed by atoms with E-state index in [1.165, 1.54) is 0 Å². The Labute approximate surface area is 115 Å². The van der Waals surface area contributed by atoms with Crippen LogP contribution in [0.25, 0.3) is 0 Å². The predicted octanol–water partition coefficient (Wildman–Crippen LogP) is 0.423. The van der Waals surface area contributed by atoms with Gasteiger partial charge in [0, 0.05) is 35.0 Å². The Morgan fingerprint density at radius 1 is 1.68 bits per heavy atom. The average molecular weight is 284 g/mol. The third-order valence-corrected chi connectivity index (χ3v) is 4.19. The zero-order valence-electron chi connectivity index (χ0n) is 11.2. The quantitative estimate of drug-likeness (QED) is 0.221. The van der Waals surface area contributed by atoms with Crippen molar-refractivity contribution in [3.05, 3.63) is 29.6 Å². The summed E-state index contributed by atoms with van der Waals surface area (Å²) in [4.78, 5) is 4.01. The van der Waals surface area contributed by atoms with Crippen molar-refractivity contribution in [1.29, 1.82) is 0 Å². The van der Waals surface area contributed by atoms with E-state index in [4.69, 9.17) is 10.9 Å². The first-order valence-corrected chi connectivity index (χ1v) is 7.62. The molecule has 6 nitrogen and oxygen atoms in total. The van der Waals surface area contributed by atoms with E-state index >= 15 is 0 Å². The summed E-state index contributed by atoms with van der Waals surface area (Å²) in [5.41, 5.74) is 6.92. The van der Waals surface area contributed by atoms with Crippen molar-refractivity contribution in [1.82, 2.24) is 10.3 Å². The Hall–Kier alpha value is -1.47. The molecule has 0 spiro atoms. The Morgan fingerprint density at radius 3 is 3.05 bits per heavy atom. The number of rotatable bonds is 7. The molecule has 2 atom stereocenters. The van der Waals surface area contributed by atoms with Crippen molar-refractivity contribution in [3.63, 3.8) is 0 Å². The highest BCUT2D eigenvalue weighted by Gasteiger charge is 2.05. The molecule has 1 aromatic heterocycles. The lowest BCUT2D eigenvalue weighted by atomic mass is 10.2. The van der Waals surface area contributed by atoms with Crippen LogP contribution >= 0.6 is 0 Å². The normalized spacial score (nSPS) is 15.2. The molecular weight excluding hydrogens is 264 g/mol. The number of oxime groups is 1. The summed E-state index contributed by atoms with van der Waals surface area (Å²) in [5, 5.41) is 15.0. The molecule has 0 aromatic carbocycles. The molecule has 0 radical (unpaired) electrons. The fraction of sp³-hybridized carbons (Fsp3) is 0.500. The third-order valence-electron chi connectivity index (χ3n) is 2.82. The van der Waals surface area contributed by atoms with Crippen molar-refractivity contribution in [2.45, 2.75) is 25.1 Å². The topological polar surface area (TPSA) is 101 Å². The molecular formula is C12H20N4O2S. The van der Waals surface area contributed by atoms with E-state index in [1.807, 2.05) is 13.0 Å². The standard InChI is InChI=1S/C12H20N4O2S/c1-9(19(2)18)3-5-14-8-10-4-6-15-11(7-10)12(13)16-17/h4,6-7,9,14,17H,3,5,8H2,1-2H3,(H2,13,16). The molecule has 0 saturated heterocycles. The average Bonchev–Trinajstić information content (AvgIpc) is 2.42. The first-order chi connectivity index (χ1) is 9.04. The smallest absolute Gasteiger partial charge is 0.188 e. The number of nitrogens with one attached hydrogen (secondary N) is 1. The Kier molecular flexibility index (Phi) is 6.44. The van der Waals surface area contributed by atoms with Crippen LogP contribution < -0.4 is 11.1 Å². The minimum absolute atomic E-state index is 0.00291. The monoisotopic (exact) mass is 284 g/mol. The van der Waals surface area contributed by atoms with Crippen molar-refractivity contribution in [2.24, 2.45) is 10.9 Å². The maximum absolute atomic E-state index is 11.2. The number of hydrogen-bond donors (Lipinski definition) is 3. The summed E-state index contributed by atoms with van der Waals surface area (Å²) in [6.45, 7) is 3.43. The summed E-state index contributed by atoms with van der Waals surface area (Å²) in [5.74, 6) is -0.00291. The lowest BCUT2D eigenvalue weighted by molar-refractivity contribution is 0.318. The van der Waals surface area contributed by atoms with Crippen LogP contribution in [0.5, 0.6) is 0 Å². The molecule has 0 aliphatic carbocycles. The summed E-state index contributed by atoms with van der Waals surface area (Å²) in [7, 11) is -0.779. The maximum atomic E-state index is 11.2. The number of nitrogens with zero attached hydrogens (tertiary/aromatic N) is 2. The van der Waals surface area contributed by atoms with Crippen molar-refractivity contribution < 1.29 is 9.42 Å². The zero-order chi connectivity index (χ0) is 14.3.